The molecule has 0 aliphatic carbocycles. The van der Waals surface area contributed by atoms with Crippen LogP contribution in [0.5, 0.6) is 5.75 Å². The van der Waals surface area contributed by atoms with Crippen LogP contribution in [0.2, 0.25) is 0 Å². The molecule has 0 aliphatic heterocycles. The van der Waals surface area contributed by atoms with E-state index in [1.54, 1.807) is 12.1 Å². The molecule has 3 nitrogen and oxygen atoms in total. The molecule has 0 amide bonds. The summed E-state index contributed by atoms with van der Waals surface area (Å²) in [6.45, 7) is 3.76. The molecule has 0 radical (unpaired) electrons. The molecular weight excluding hydrogens is 237 g/mol. The Hall–Kier alpha value is -0.770. The molecule has 0 aliphatic rings. The fraction of sp³-hybridized carbons (Fsp3) is 0.400. The zero-order chi connectivity index (χ0) is 12.4. The molecule has 0 bridgehead atoms. The molecule has 2 N–H and O–H groups in total. The molecular formula is C10H15F2O3P. The molecule has 0 saturated heterocycles. The molecule has 1 atom stereocenters. The van der Waals surface area contributed by atoms with Crippen LogP contribution in [0.1, 0.15) is 31.7 Å². The van der Waals surface area contributed by atoms with Crippen molar-refractivity contribution in [2.45, 2.75) is 26.2 Å². The van der Waals surface area contributed by atoms with Crippen molar-refractivity contribution < 1.29 is 22.7 Å². The Bertz CT molecular complexity index is 367. The standard InChI is InChI=1S/C10H15F2O3P/c1-3-8(2)9-6-4-5-7-10(9)15-16(11,12,13)14/h4-8,13-14H,3H2,1-2H3. The Balaban J connectivity index is 3.05. The molecule has 1 aromatic carbocycles. The number of benzene rings is 1. The average molecular weight is 252 g/mol. The fourth-order valence-corrected chi connectivity index (χ4v) is 1.84. The van der Waals surface area contributed by atoms with E-state index in [0.717, 1.165) is 6.42 Å². The van der Waals surface area contributed by atoms with Gasteiger partial charge in [0.15, 0.2) is 0 Å². The van der Waals surface area contributed by atoms with E-state index < -0.39 is 7.91 Å². The van der Waals surface area contributed by atoms with Gasteiger partial charge >= 0.3 is 92.4 Å². The Labute approximate surface area is 93.1 Å². The van der Waals surface area contributed by atoms with E-state index in [-0.39, 0.29) is 11.7 Å². The monoisotopic (exact) mass is 252 g/mol. The van der Waals surface area contributed by atoms with Gasteiger partial charge in [0.25, 0.3) is 0 Å². The summed E-state index contributed by atoms with van der Waals surface area (Å²) in [5, 5.41) is 0. The Morgan fingerprint density at radius 2 is 1.88 bits per heavy atom. The van der Waals surface area contributed by atoms with Crippen LogP contribution in [0.25, 0.3) is 0 Å². The van der Waals surface area contributed by atoms with Crippen molar-refractivity contribution >= 4 is 7.91 Å². The van der Waals surface area contributed by atoms with Crippen molar-refractivity contribution in [2.24, 2.45) is 0 Å². The molecule has 1 rings (SSSR count). The van der Waals surface area contributed by atoms with Gasteiger partial charge in [-0.1, -0.05) is 0 Å². The third kappa shape index (κ3) is 4.00. The van der Waals surface area contributed by atoms with Gasteiger partial charge < -0.3 is 0 Å². The molecule has 16 heavy (non-hydrogen) atoms. The minimum atomic E-state index is -6.95. The maximum absolute atomic E-state index is 12.7. The second-order valence-electron chi connectivity index (χ2n) is 3.70. The zero-order valence-corrected chi connectivity index (χ0v) is 9.99. The summed E-state index contributed by atoms with van der Waals surface area (Å²) in [6.07, 6.45) is 0.742. The van der Waals surface area contributed by atoms with E-state index in [4.69, 9.17) is 9.79 Å². The molecule has 0 spiro atoms. The number of hydrogen-bond donors (Lipinski definition) is 2. The van der Waals surface area contributed by atoms with Crippen molar-refractivity contribution in [3.63, 3.8) is 0 Å². The molecule has 1 unspecified atom stereocenters. The summed E-state index contributed by atoms with van der Waals surface area (Å²) >= 11 is 0. The quantitative estimate of drug-likeness (QED) is 0.804. The molecule has 0 aromatic heterocycles. The Kier molecular flexibility index (Phi) is 3.53. The third-order valence-electron chi connectivity index (χ3n) is 2.31. The average Bonchev–Trinajstić information content (AvgIpc) is 2.14. The van der Waals surface area contributed by atoms with Crippen LogP contribution >= 0.6 is 7.91 Å². The summed E-state index contributed by atoms with van der Waals surface area (Å²) in [4.78, 5) is 16.9. The van der Waals surface area contributed by atoms with Crippen LogP contribution < -0.4 is 4.52 Å². The Morgan fingerprint density at radius 3 is 2.38 bits per heavy atom. The van der Waals surface area contributed by atoms with E-state index in [1.165, 1.54) is 12.1 Å². The molecule has 0 heterocycles. The SMILES string of the molecule is CCC(C)c1ccccc1OP(O)(O)(F)F. The van der Waals surface area contributed by atoms with Gasteiger partial charge in [0.1, 0.15) is 0 Å². The molecule has 6 heteroatoms. The normalized spacial score (nSPS) is 16.2. The van der Waals surface area contributed by atoms with Gasteiger partial charge in [-0.05, 0) is 0 Å². The Morgan fingerprint density at radius 1 is 1.31 bits per heavy atom. The van der Waals surface area contributed by atoms with E-state index in [0.29, 0.717) is 5.56 Å². The third-order valence-corrected chi connectivity index (χ3v) is 2.81. The van der Waals surface area contributed by atoms with Gasteiger partial charge in [-0.25, -0.2) is 0 Å². The van der Waals surface area contributed by atoms with Gasteiger partial charge in [-0.2, -0.15) is 0 Å². The summed E-state index contributed by atoms with van der Waals surface area (Å²) in [7, 11) is -6.95. The molecule has 1 aromatic rings. The van der Waals surface area contributed by atoms with Crippen LogP contribution in [-0.2, 0) is 0 Å². The van der Waals surface area contributed by atoms with E-state index in [1.807, 2.05) is 13.8 Å². The number of hydrogen-bond acceptors (Lipinski definition) is 3. The predicted octanol–water partition coefficient (Wildman–Crippen LogP) is 3.63. The molecule has 92 valence electrons. The summed E-state index contributed by atoms with van der Waals surface area (Å²) in [5.74, 6) is -0.167. The summed E-state index contributed by atoms with van der Waals surface area (Å²) in [5.41, 5.74) is 0.539. The number of halogens is 2. The number of para-hydroxylation sites is 1. The molecule has 0 fully saturated rings. The maximum atomic E-state index is 12.7. The van der Waals surface area contributed by atoms with Crippen molar-refractivity contribution in [3.8, 4) is 5.75 Å². The summed E-state index contributed by atoms with van der Waals surface area (Å²) in [6, 6.07) is 6.12. The minimum absolute atomic E-state index is 0.00899. The van der Waals surface area contributed by atoms with Gasteiger partial charge in [0.05, 0.1) is 0 Å². The number of rotatable bonds is 4. The van der Waals surface area contributed by atoms with Crippen molar-refractivity contribution in [1.29, 1.82) is 0 Å². The van der Waals surface area contributed by atoms with Gasteiger partial charge in [0.2, 0.25) is 0 Å². The van der Waals surface area contributed by atoms with Crippen molar-refractivity contribution in [3.05, 3.63) is 29.8 Å². The first-order valence-corrected chi connectivity index (χ1v) is 6.77. The predicted molar refractivity (Wildman–Crippen MR) is 59.3 cm³/mol. The van der Waals surface area contributed by atoms with Crippen LogP contribution in [0, 0.1) is 0 Å². The first-order valence-electron chi connectivity index (χ1n) is 4.93. The van der Waals surface area contributed by atoms with E-state index in [2.05, 4.69) is 4.52 Å². The van der Waals surface area contributed by atoms with E-state index in [9.17, 15) is 8.39 Å². The van der Waals surface area contributed by atoms with Crippen LogP contribution in [0.3, 0.4) is 0 Å². The van der Waals surface area contributed by atoms with Crippen LogP contribution in [0.15, 0.2) is 24.3 Å². The fourth-order valence-electron chi connectivity index (χ4n) is 1.35. The first kappa shape index (κ1) is 13.3. The first-order chi connectivity index (χ1) is 7.19. The summed E-state index contributed by atoms with van der Waals surface area (Å²) < 4.78 is 29.4. The van der Waals surface area contributed by atoms with Crippen molar-refractivity contribution in [1.82, 2.24) is 0 Å². The van der Waals surface area contributed by atoms with Gasteiger partial charge in [-0.15, -0.1) is 0 Å². The van der Waals surface area contributed by atoms with Gasteiger partial charge in [-0.3, -0.25) is 0 Å². The van der Waals surface area contributed by atoms with Crippen LogP contribution in [0.4, 0.5) is 8.39 Å². The van der Waals surface area contributed by atoms with E-state index >= 15 is 0 Å². The second-order valence-corrected chi connectivity index (χ2v) is 5.39. The van der Waals surface area contributed by atoms with Crippen LogP contribution in [-0.4, -0.2) is 9.79 Å². The second kappa shape index (κ2) is 4.24. The zero-order valence-electron chi connectivity index (χ0n) is 9.10. The van der Waals surface area contributed by atoms with Crippen molar-refractivity contribution in [2.75, 3.05) is 0 Å². The molecule has 0 saturated carbocycles. The van der Waals surface area contributed by atoms with Gasteiger partial charge in [0, 0.05) is 0 Å². The topological polar surface area (TPSA) is 49.7 Å².